The van der Waals surface area contributed by atoms with Crippen molar-refractivity contribution in [1.82, 2.24) is 5.32 Å². The minimum Gasteiger partial charge on any atom is -0.316 e. The number of para-hydroxylation sites is 1. The van der Waals surface area contributed by atoms with Crippen LogP contribution in [0.3, 0.4) is 0 Å². The molecule has 1 aromatic carbocycles. The first-order valence-corrected chi connectivity index (χ1v) is 6.58. The van der Waals surface area contributed by atoms with Crippen LogP contribution in [0.4, 0.5) is 5.69 Å². The van der Waals surface area contributed by atoms with E-state index >= 15 is 0 Å². The van der Waals surface area contributed by atoms with Crippen LogP contribution >= 0.6 is 11.8 Å². The molecule has 0 amide bonds. The van der Waals surface area contributed by atoms with Crippen LogP contribution in [0.5, 0.6) is 0 Å². The lowest BCUT2D eigenvalue weighted by atomic mass is 10.1. The second-order valence-electron chi connectivity index (χ2n) is 4.18. The number of nitro benzene ring substituents is 1. The van der Waals surface area contributed by atoms with Crippen molar-refractivity contribution in [2.75, 3.05) is 12.8 Å². The molecule has 4 nitrogen and oxygen atoms in total. The molecule has 0 aliphatic carbocycles. The molecule has 0 aliphatic rings. The summed E-state index contributed by atoms with van der Waals surface area (Å²) in [6, 6.07) is 7.24. The average molecular weight is 254 g/mol. The molecule has 1 rings (SSSR count). The molecule has 5 heteroatoms. The zero-order valence-electron chi connectivity index (χ0n) is 10.3. The van der Waals surface area contributed by atoms with Gasteiger partial charge in [-0.25, -0.2) is 0 Å². The number of benzene rings is 1. The largest absolute Gasteiger partial charge is 0.316 e. The molecule has 0 spiro atoms. The quantitative estimate of drug-likeness (QED) is 0.482. The number of rotatable bonds is 6. The van der Waals surface area contributed by atoms with E-state index in [0.29, 0.717) is 12.0 Å². The van der Waals surface area contributed by atoms with Crippen LogP contribution in [-0.4, -0.2) is 23.8 Å². The van der Waals surface area contributed by atoms with Gasteiger partial charge in [-0.1, -0.05) is 26.0 Å². The molecule has 94 valence electrons. The minimum atomic E-state index is -0.327. The van der Waals surface area contributed by atoms with Crippen molar-refractivity contribution in [3.05, 3.63) is 34.4 Å². The third kappa shape index (κ3) is 4.02. The number of nitrogens with zero attached hydrogens (tertiary/aromatic N) is 1. The first-order valence-electron chi connectivity index (χ1n) is 5.59. The van der Waals surface area contributed by atoms with Crippen LogP contribution in [0.25, 0.3) is 0 Å². The Labute approximate surface area is 106 Å². The third-order valence-corrected chi connectivity index (χ3v) is 3.84. The van der Waals surface area contributed by atoms with Gasteiger partial charge in [-0.15, -0.1) is 11.8 Å². The molecule has 0 saturated carbocycles. The first kappa shape index (κ1) is 14.0. The fourth-order valence-corrected chi connectivity index (χ4v) is 2.89. The van der Waals surface area contributed by atoms with Gasteiger partial charge in [-0.05, 0) is 19.0 Å². The molecule has 1 aromatic rings. The SMILES string of the molecule is CNC(CSc1ccccc1[N+](=O)[O-])C(C)C. The Bertz CT molecular complexity index is 383. The summed E-state index contributed by atoms with van der Waals surface area (Å²) >= 11 is 1.53. The van der Waals surface area contributed by atoms with Gasteiger partial charge >= 0.3 is 0 Å². The molecule has 1 unspecified atom stereocenters. The monoisotopic (exact) mass is 254 g/mol. The Morgan fingerprint density at radius 3 is 2.59 bits per heavy atom. The van der Waals surface area contributed by atoms with E-state index in [9.17, 15) is 10.1 Å². The zero-order chi connectivity index (χ0) is 12.8. The summed E-state index contributed by atoms with van der Waals surface area (Å²) in [4.78, 5) is 11.3. The Kier molecular flexibility index (Phi) is 5.44. The Hall–Kier alpha value is -1.07. The van der Waals surface area contributed by atoms with Gasteiger partial charge in [0.1, 0.15) is 0 Å². The van der Waals surface area contributed by atoms with Gasteiger partial charge in [0.05, 0.1) is 9.82 Å². The molecule has 0 saturated heterocycles. The lowest BCUT2D eigenvalue weighted by Gasteiger charge is -2.19. The van der Waals surface area contributed by atoms with Gasteiger partial charge in [0.2, 0.25) is 0 Å². The van der Waals surface area contributed by atoms with E-state index in [1.807, 2.05) is 13.1 Å². The van der Waals surface area contributed by atoms with Gasteiger partial charge in [-0.2, -0.15) is 0 Å². The van der Waals surface area contributed by atoms with E-state index in [2.05, 4.69) is 19.2 Å². The zero-order valence-corrected chi connectivity index (χ0v) is 11.2. The summed E-state index contributed by atoms with van der Waals surface area (Å²) in [7, 11) is 1.92. The summed E-state index contributed by atoms with van der Waals surface area (Å²) < 4.78 is 0. The maximum atomic E-state index is 10.8. The van der Waals surface area contributed by atoms with E-state index in [4.69, 9.17) is 0 Å². The van der Waals surface area contributed by atoms with Crippen LogP contribution in [0.2, 0.25) is 0 Å². The average Bonchev–Trinajstić information content (AvgIpc) is 2.29. The third-order valence-electron chi connectivity index (χ3n) is 2.66. The van der Waals surface area contributed by atoms with E-state index < -0.39 is 0 Å². The van der Waals surface area contributed by atoms with Gasteiger partial charge < -0.3 is 5.32 Å². The summed E-state index contributed by atoms with van der Waals surface area (Å²) in [6.45, 7) is 4.28. The van der Waals surface area contributed by atoms with E-state index in [1.165, 1.54) is 11.8 Å². The van der Waals surface area contributed by atoms with Gasteiger partial charge in [-0.3, -0.25) is 10.1 Å². The van der Waals surface area contributed by atoms with Crippen LogP contribution < -0.4 is 5.32 Å². The van der Waals surface area contributed by atoms with Crippen molar-refractivity contribution in [1.29, 1.82) is 0 Å². The molecular formula is C12H18N2O2S. The topological polar surface area (TPSA) is 55.2 Å². The first-order chi connectivity index (χ1) is 8.06. The molecule has 0 heterocycles. The number of hydrogen-bond acceptors (Lipinski definition) is 4. The molecule has 1 N–H and O–H groups in total. The highest BCUT2D eigenvalue weighted by molar-refractivity contribution is 7.99. The van der Waals surface area contributed by atoms with Crippen LogP contribution in [0, 0.1) is 16.0 Å². The van der Waals surface area contributed by atoms with Crippen molar-refractivity contribution < 1.29 is 4.92 Å². The smallest absolute Gasteiger partial charge is 0.282 e. The summed E-state index contributed by atoms with van der Waals surface area (Å²) in [6.07, 6.45) is 0. The van der Waals surface area contributed by atoms with E-state index in [-0.39, 0.29) is 10.6 Å². The normalized spacial score (nSPS) is 12.7. The Morgan fingerprint density at radius 2 is 2.06 bits per heavy atom. The van der Waals surface area contributed by atoms with Gasteiger partial charge in [0.25, 0.3) is 5.69 Å². The van der Waals surface area contributed by atoms with Crippen LogP contribution in [-0.2, 0) is 0 Å². The van der Waals surface area contributed by atoms with E-state index in [1.54, 1.807) is 18.2 Å². The Balaban J connectivity index is 2.72. The maximum Gasteiger partial charge on any atom is 0.282 e. The number of hydrogen-bond donors (Lipinski definition) is 1. The van der Waals surface area contributed by atoms with Crippen molar-refractivity contribution in [3.8, 4) is 0 Å². The molecule has 1 atom stereocenters. The molecule has 17 heavy (non-hydrogen) atoms. The highest BCUT2D eigenvalue weighted by Crippen LogP contribution is 2.29. The standard InChI is InChI=1S/C12H18N2O2S/c1-9(2)10(13-3)8-17-12-7-5-4-6-11(12)14(15)16/h4-7,9-10,13H,8H2,1-3H3. The van der Waals surface area contributed by atoms with Crippen molar-refractivity contribution >= 4 is 17.4 Å². The number of thioether (sulfide) groups is 1. The molecule has 0 radical (unpaired) electrons. The van der Waals surface area contributed by atoms with Crippen LogP contribution in [0.1, 0.15) is 13.8 Å². The number of nitrogens with one attached hydrogen (secondary N) is 1. The second-order valence-corrected chi connectivity index (χ2v) is 5.24. The minimum absolute atomic E-state index is 0.191. The maximum absolute atomic E-state index is 10.8. The molecule has 0 aromatic heterocycles. The highest BCUT2D eigenvalue weighted by Gasteiger charge is 2.16. The van der Waals surface area contributed by atoms with Crippen LogP contribution in [0.15, 0.2) is 29.2 Å². The fourth-order valence-electron chi connectivity index (χ4n) is 1.52. The van der Waals surface area contributed by atoms with E-state index in [0.717, 1.165) is 10.6 Å². The van der Waals surface area contributed by atoms with Gasteiger partial charge in [0.15, 0.2) is 0 Å². The predicted octanol–water partition coefficient (Wildman–Crippen LogP) is 2.93. The second kappa shape index (κ2) is 6.61. The number of nitro groups is 1. The van der Waals surface area contributed by atoms with Crippen molar-refractivity contribution in [2.24, 2.45) is 5.92 Å². The summed E-state index contributed by atoms with van der Waals surface area (Å²) in [5.41, 5.74) is 0.191. The Morgan fingerprint density at radius 1 is 1.41 bits per heavy atom. The fraction of sp³-hybridized carbons (Fsp3) is 0.500. The molecule has 0 bridgehead atoms. The lowest BCUT2D eigenvalue weighted by Crippen LogP contribution is -2.32. The van der Waals surface area contributed by atoms with Gasteiger partial charge in [0, 0.05) is 17.9 Å². The summed E-state index contributed by atoms with van der Waals surface area (Å²) in [5.74, 6) is 1.34. The lowest BCUT2D eigenvalue weighted by molar-refractivity contribution is -0.387. The highest BCUT2D eigenvalue weighted by atomic mass is 32.2. The molecular weight excluding hydrogens is 236 g/mol. The van der Waals surface area contributed by atoms with Crippen molar-refractivity contribution in [3.63, 3.8) is 0 Å². The molecule has 0 aliphatic heterocycles. The summed E-state index contributed by atoms with van der Waals surface area (Å²) in [5, 5.41) is 14.1. The van der Waals surface area contributed by atoms with Crippen molar-refractivity contribution in [2.45, 2.75) is 24.8 Å². The molecule has 0 fully saturated rings. The predicted molar refractivity (Wildman–Crippen MR) is 71.5 cm³/mol.